The fourth-order valence-corrected chi connectivity index (χ4v) is 2.38. The maximum Gasteiger partial charge on any atom is 0.281 e. The van der Waals surface area contributed by atoms with Crippen molar-refractivity contribution in [1.29, 1.82) is 0 Å². The molecular formula is C16H8FNO4. The van der Waals surface area contributed by atoms with E-state index in [9.17, 15) is 24.1 Å². The maximum atomic E-state index is 13.7. The van der Waals surface area contributed by atoms with Crippen LogP contribution in [0.15, 0.2) is 48.0 Å². The van der Waals surface area contributed by atoms with Crippen LogP contribution in [-0.2, 0) is 0 Å². The van der Waals surface area contributed by atoms with E-state index in [0.29, 0.717) is 0 Å². The minimum Gasteiger partial charge on any atom is -0.288 e. The number of hydrogen-bond donors (Lipinski definition) is 0. The van der Waals surface area contributed by atoms with E-state index in [1.165, 1.54) is 30.3 Å². The lowest BCUT2D eigenvalue weighted by Gasteiger charge is -1.97. The van der Waals surface area contributed by atoms with E-state index >= 15 is 0 Å². The van der Waals surface area contributed by atoms with Crippen molar-refractivity contribution in [2.45, 2.75) is 0 Å². The number of hydrogen-bond acceptors (Lipinski definition) is 4. The average Bonchev–Trinajstić information content (AvgIpc) is 2.74. The SMILES string of the molecule is O=C1/C(=C/c2ccccc2F)C(=O)c2c1cccc2[N+](=O)[O-]. The monoisotopic (exact) mass is 297 g/mol. The Hall–Kier alpha value is -3.15. The molecule has 22 heavy (non-hydrogen) atoms. The standard InChI is InChI=1S/C16H8FNO4/c17-12-6-2-1-4-9(12)8-11-15(19)10-5-3-7-13(18(21)22)14(10)16(11)20/h1-8H/b11-8-. The van der Waals surface area contributed by atoms with Gasteiger partial charge in [-0.2, -0.15) is 0 Å². The van der Waals surface area contributed by atoms with Gasteiger partial charge in [0.25, 0.3) is 5.69 Å². The zero-order chi connectivity index (χ0) is 15.9. The highest BCUT2D eigenvalue weighted by Crippen LogP contribution is 2.34. The highest BCUT2D eigenvalue weighted by atomic mass is 19.1. The van der Waals surface area contributed by atoms with Gasteiger partial charge in [-0.1, -0.05) is 24.3 Å². The molecule has 1 aliphatic rings. The number of halogens is 1. The molecule has 0 aliphatic heterocycles. The van der Waals surface area contributed by atoms with Gasteiger partial charge in [-0.05, 0) is 18.2 Å². The van der Waals surface area contributed by atoms with Gasteiger partial charge in [0.05, 0.1) is 10.5 Å². The van der Waals surface area contributed by atoms with Crippen LogP contribution in [0.3, 0.4) is 0 Å². The minimum atomic E-state index is -0.754. The highest BCUT2D eigenvalue weighted by molar-refractivity contribution is 6.42. The molecule has 0 amide bonds. The van der Waals surface area contributed by atoms with Crippen molar-refractivity contribution >= 4 is 23.3 Å². The topological polar surface area (TPSA) is 77.3 Å². The second kappa shape index (κ2) is 5.00. The van der Waals surface area contributed by atoms with Gasteiger partial charge in [-0.25, -0.2) is 4.39 Å². The molecule has 2 aromatic carbocycles. The number of nitrogens with zero attached hydrogens (tertiary/aromatic N) is 1. The number of allylic oxidation sites excluding steroid dienone is 1. The van der Waals surface area contributed by atoms with Crippen LogP contribution < -0.4 is 0 Å². The van der Waals surface area contributed by atoms with E-state index in [-0.39, 0.29) is 22.3 Å². The number of nitro benzene ring substituents is 1. The number of fused-ring (bicyclic) bond motifs is 1. The third-order valence-corrected chi connectivity index (χ3v) is 3.41. The summed E-state index contributed by atoms with van der Waals surface area (Å²) in [6, 6.07) is 9.52. The molecule has 0 aromatic heterocycles. The smallest absolute Gasteiger partial charge is 0.281 e. The van der Waals surface area contributed by atoms with Crippen molar-refractivity contribution in [3.05, 3.63) is 80.7 Å². The molecule has 0 spiro atoms. The molecule has 0 fully saturated rings. The molecule has 0 saturated heterocycles. The Balaban J connectivity index is 2.18. The zero-order valence-electron chi connectivity index (χ0n) is 11.1. The minimum absolute atomic E-state index is 0.0261. The van der Waals surface area contributed by atoms with Gasteiger partial charge < -0.3 is 0 Å². The van der Waals surface area contributed by atoms with E-state index in [1.54, 1.807) is 6.07 Å². The molecule has 1 aliphatic carbocycles. The van der Waals surface area contributed by atoms with Crippen LogP contribution in [0, 0.1) is 15.9 Å². The second-order valence-electron chi connectivity index (χ2n) is 4.69. The summed E-state index contributed by atoms with van der Waals surface area (Å²) in [6.07, 6.45) is 1.13. The molecule has 0 radical (unpaired) electrons. The molecule has 0 unspecified atom stereocenters. The van der Waals surface area contributed by atoms with Crippen LogP contribution in [0.1, 0.15) is 26.3 Å². The Morgan fingerprint density at radius 2 is 1.73 bits per heavy atom. The normalized spacial score (nSPS) is 15.2. The summed E-state index contributed by atoms with van der Waals surface area (Å²) in [6.45, 7) is 0. The first-order valence-corrected chi connectivity index (χ1v) is 6.33. The van der Waals surface area contributed by atoms with Crippen LogP contribution in [0.4, 0.5) is 10.1 Å². The van der Waals surface area contributed by atoms with E-state index in [2.05, 4.69) is 0 Å². The third-order valence-electron chi connectivity index (χ3n) is 3.41. The van der Waals surface area contributed by atoms with E-state index in [1.807, 2.05) is 0 Å². The Labute approximate surface area is 123 Å². The van der Waals surface area contributed by atoms with Crippen molar-refractivity contribution in [1.82, 2.24) is 0 Å². The highest BCUT2D eigenvalue weighted by Gasteiger charge is 2.38. The van der Waals surface area contributed by atoms with Gasteiger partial charge >= 0.3 is 0 Å². The number of ketones is 2. The fraction of sp³-hybridized carbons (Fsp3) is 0. The first-order valence-electron chi connectivity index (χ1n) is 6.33. The predicted octanol–water partition coefficient (Wildman–Crippen LogP) is 3.20. The molecule has 0 N–H and O–H groups in total. The predicted molar refractivity (Wildman–Crippen MR) is 76.1 cm³/mol. The lowest BCUT2D eigenvalue weighted by molar-refractivity contribution is -0.385. The summed E-state index contributed by atoms with van der Waals surface area (Å²) >= 11 is 0. The molecule has 6 heteroatoms. The van der Waals surface area contributed by atoms with Gasteiger partial charge in [0.15, 0.2) is 5.78 Å². The second-order valence-corrected chi connectivity index (χ2v) is 4.69. The number of Topliss-reactive ketones (excluding diaryl/α,β-unsaturated/α-hetero) is 2. The number of benzene rings is 2. The van der Waals surface area contributed by atoms with Gasteiger partial charge in [-0.15, -0.1) is 0 Å². The zero-order valence-corrected chi connectivity index (χ0v) is 11.1. The van der Waals surface area contributed by atoms with Crippen LogP contribution in [-0.4, -0.2) is 16.5 Å². The van der Waals surface area contributed by atoms with Gasteiger partial charge in [0.1, 0.15) is 11.4 Å². The lowest BCUT2D eigenvalue weighted by atomic mass is 10.1. The molecule has 108 valence electrons. The summed E-state index contributed by atoms with van der Waals surface area (Å²) in [4.78, 5) is 34.9. The molecule has 0 saturated carbocycles. The van der Waals surface area contributed by atoms with Crippen LogP contribution in [0.2, 0.25) is 0 Å². The Morgan fingerprint density at radius 1 is 1.00 bits per heavy atom. The van der Waals surface area contributed by atoms with Crippen LogP contribution in [0.5, 0.6) is 0 Å². The Morgan fingerprint density at radius 3 is 2.41 bits per heavy atom. The molecular weight excluding hydrogens is 289 g/mol. The van der Waals surface area contributed by atoms with Gasteiger partial charge in [0.2, 0.25) is 5.78 Å². The average molecular weight is 297 g/mol. The number of carbonyl (C=O) groups is 2. The molecule has 0 atom stereocenters. The number of carbonyl (C=O) groups excluding carboxylic acids is 2. The van der Waals surface area contributed by atoms with Crippen molar-refractivity contribution in [2.24, 2.45) is 0 Å². The number of nitro groups is 1. The first-order chi connectivity index (χ1) is 10.5. The molecule has 0 bridgehead atoms. The molecule has 3 rings (SSSR count). The Bertz CT molecular complexity index is 870. The van der Waals surface area contributed by atoms with Crippen molar-refractivity contribution in [3.63, 3.8) is 0 Å². The quantitative estimate of drug-likeness (QED) is 0.369. The third kappa shape index (κ3) is 2.01. The first kappa shape index (κ1) is 13.8. The summed E-state index contributed by atoms with van der Waals surface area (Å²) in [5.74, 6) is -1.97. The van der Waals surface area contributed by atoms with Crippen LogP contribution >= 0.6 is 0 Å². The van der Waals surface area contributed by atoms with E-state index in [0.717, 1.165) is 12.1 Å². The van der Waals surface area contributed by atoms with Crippen molar-refractivity contribution in [2.75, 3.05) is 0 Å². The molecule has 2 aromatic rings. The Kier molecular flexibility index (Phi) is 3.14. The summed E-state index contributed by atoms with van der Waals surface area (Å²) in [5.41, 5.74) is -0.876. The van der Waals surface area contributed by atoms with Gasteiger partial charge in [-0.3, -0.25) is 19.7 Å². The molecule has 0 heterocycles. The number of rotatable bonds is 2. The summed E-state index contributed by atoms with van der Waals surface area (Å²) in [7, 11) is 0. The summed E-state index contributed by atoms with van der Waals surface area (Å²) < 4.78 is 13.7. The fourth-order valence-electron chi connectivity index (χ4n) is 2.38. The lowest BCUT2D eigenvalue weighted by Crippen LogP contribution is -2.02. The van der Waals surface area contributed by atoms with Crippen molar-refractivity contribution < 1.29 is 18.9 Å². The largest absolute Gasteiger partial charge is 0.288 e. The van der Waals surface area contributed by atoms with Gasteiger partial charge in [0, 0.05) is 17.2 Å². The van der Waals surface area contributed by atoms with E-state index < -0.39 is 28.0 Å². The van der Waals surface area contributed by atoms with E-state index in [4.69, 9.17) is 0 Å². The molecule has 5 nitrogen and oxygen atoms in total. The van der Waals surface area contributed by atoms with Crippen molar-refractivity contribution in [3.8, 4) is 0 Å². The maximum absolute atomic E-state index is 13.7. The van der Waals surface area contributed by atoms with Crippen LogP contribution in [0.25, 0.3) is 6.08 Å². The summed E-state index contributed by atoms with van der Waals surface area (Å²) in [5, 5.41) is 11.0.